The number of anilines is 2. The number of nitrogens with one attached hydrogen (secondary N) is 2. The van der Waals surface area contributed by atoms with E-state index >= 15 is 0 Å². The molecule has 24 heavy (non-hydrogen) atoms. The predicted octanol–water partition coefficient (Wildman–Crippen LogP) is 4.32. The number of halogens is 1. The summed E-state index contributed by atoms with van der Waals surface area (Å²) < 4.78 is 5.25. The van der Waals surface area contributed by atoms with Crippen LogP contribution in [0.25, 0.3) is 0 Å². The van der Waals surface area contributed by atoms with E-state index < -0.39 is 0 Å². The van der Waals surface area contributed by atoms with Crippen molar-refractivity contribution in [3.63, 3.8) is 0 Å². The zero-order valence-electron chi connectivity index (χ0n) is 14.5. The number of methoxy groups -OCH3 is 1. The lowest BCUT2D eigenvalue weighted by Crippen LogP contribution is -2.41. The van der Waals surface area contributed by atoms with Crippen LogP contribution in [-0.4, -0.2) is 23.5 Å². The van der Waals surface area contributed by atoms with E-state index in [0.717, 1.165) is 11.3 Å². The lowest BCUT2D eigenvalue weighted by atomic mass is 10.1. The maximum Gasteiger partial charge on any atom is 0.274 e. The Labute approximate surface area is 147 Å². The quantitative estimate of drug-likeness (QED) is 0.864. The van der Waals surface area contributed by atoms with Crippen molar-refractivity contribution in [2.75, 3.05) is 12.4 Å². The van der Waals surface area contributed by atoms with Gasteiger partial charge in [-0.3, -0.25) is 4.79 Å². The Morgan fingerprint density at radius 1 is 1.21 bits per heavy atom. The first-order valence-electron chi connectivity index (χ1n) is 7.60. The fraction of sp³-hybridized carbons (Fsp3) is 0.333. The van der Waals surface area contributed by atoms with E-state index in [4.69, 9.17) is 16.3 Å². The van der Waals surface area contributed by atoms with Crippen molar-refractivity contribution in [2.24, 2.45) is 0 Å². The third kappa shape index (κ3) is 4.61. The standard InChI is InChI=1S/C18H22ClN3O2/c1-11-10-12(6-7-13(11)19)20-15-9-8-14(24-5)16(21-15)17(23)22-18(2,3)4/h6-10H,1-5H3,(H,20,21)(H,22,23). The van der Waals surface area contributed by atoms with Gasteiger partial charge in [0.2, 0.25) is 0 Å². The van der Waals surface area contributed by atoms with Gasteiger partial charge in [-0.25, -0.2) is 4.98 Å². The van der Waals surface area contributed by atoms with Crippen LogP contribution in [0.15, 0.2) is 30.3 Å². The number of hydrogen-bond acceptors (Lipinski definition) is 4. The minimum absolute atomic E-state index is 0.239. The Morgan fingerprint density at radius 3 is 2.50 bits per heavy atom. The first-order valence-corrected chi connectivity index (χ1v) is 7.98. The number of nitrogens with zero attached hydrogens (tertiary/aromatic N) is 1. The number of carbonyl (C=O) groups excluding carboxylic acids is 1. The molecular weight excluding hydrogens is 326 g/mol. The molecule has 128 valence electrons. The summed E-state index contributed by atoms with van der Waals surface area (Å²) >= 11 is 6.04. The molecule has 1 heterocycles. The summed E-state index contributed by atoms with van der Waals surface area (Å²) in [6, 6.07) is 9.07. The summed E-state index contributed by atoms with van der Waals surface area (Å²) in [5, 5.41) is 6.77. The molecule has 2 N–H and O–H groups in total. The molecule has 0 atom stereocenters. The van der Waals surface area contributed by atoms with Crippen molar-refractivity contribution in [1.82, 2.24) is 10.3 Å². The molecule has 0 aliphatic rings. The number of benzene rings is 1. The van der Waals surface area contributed by atoms with E-state index in [9.17, 15) is 4.79 Å². The number of rotatable bonds is 4. The van der Waals surface area contributed by atoms with Crippen LogP contribution in [0.1, 0.15) is 36.8 Å². The summed E-state index contributed by atoms with van der Waals surface area (Å²) in [4.78, 5) is 16.8. The molecule has 5 nitrogen and oxygen atoms in total. The third-order valence-electron chi connectivity index (χ3n) is 3.21. The topological polar surface area (TPSA) is 63.2 Å². The van der Waals surface area contributed by atoms with Gasteiger partial charge in [0.15, 0.2) is 5.69 Å². The number of aromatic nitrogens is 1. The highest BCUT2D eigenvalue weighted by atomic mass is 35.5. The van der Waals surface area contributed by atoms with Crippen molar-refractivity contribution in [2.45, 2.75) is 33.2 Å². The van der Waals surface area contributed by atoms with E-state index in [1.54, 1.807) is 12.1 Å². The summed E-state index contributed by atoms with van der Waals surface area (Å²) in [5.41, 5.74) is 1.68. The third-order valence-corrected chi connectivity index (χ3v) is 3.64. The molecule has 1 amide bonds. The van der Waals surface area contributed by atoms with E-state index in [1.165, 1.54) is 7.11 Å². The van der Waals surface area contributed by atoms with Gasteiger partial charge < -0.3 is 15.4 Å². The molecule has 0 saturated carbocycles. The van der Waals surface area contributed by atoms with Crippen molar-refractivity contribution < 1.29 is 9.53 Å². The van der Waals surface area contributed by atoms with Gasteiger partial charge in [0.05, 0.1) is 7.11 Å². The molecule has 2 rings (SSSR count). The number of amides is 1. The van der Waals surface area contributed by atoms with Gasteiger partial charge in [-0.05, 0) is 63.6 Å². The highest BCUT2D eigenvalue weighted by molar-refractivity contribution is 6.31. The van der Waals surface area contributed by atoms with Crippen LogP contribution in [0.4, 0.5) is 11.5 Å². The molecule has 0 radical (unpaired) electrons. The van der Waals surface area contributed by atoms with E-state index in [2.05, 4.69) is 15.6 Å². The molecule has 6 heteroatoms. The molecule has 0 unspecified atom stereocenters. The highest BCUT2D eigenvalue weighted by Gasteiger charge is 2.20. The molecule has 2 aromatic rings. The smallest absolute Gasteiger partial charge is 0.274 e. The summed E-state index contributed by atoms with van der Waals surface area (Å²) in [6.45, 7) is 7.67. The fourth-order valence-corrected chi connectivity index (χ4v) is 2.23. The van der Waals surface area contributed by atoms with Gasteiger partial charge in [0, 0.05) is 16.2 Å². The van der Waals surface area contributed by atoms with Crippen LogP contribution in [0.3, 0.4) is 0 Å². The first-order chi connectivity index (χ1) is 11.2. The van der Waals surface area contributed by atoms with Gasteiger partial charge in [0.1, 0.15) is 11.6 Å². The van der Waals surface area contributed by atoms with E-state index in [1.807, 2.05) is 45.9 Å². The Balaban J connectivity index is 2.30. The zero-order chi connectivity index (χ0) is 17.9. The van der Waals surface area contributed by atoms with Crippen LogP contribution in [0.5, 0.6) is 5.75 Å². The molecule has 0 fully saturated rings. The fourth-order valence-electron chi connectivity index (χ4n) is 2.11. The molecule has 1 aromatic carbocycles. The van der Waals surface area contributed by atoms with Gasteiger partial charge in [-0.2, -0.15) is 0 Å². The highest BCUT2D eigenvalue weighted by Crippen LogP contribution is 2.24. The normalized spacial score (nSPS) is 11.1. The molecule has 0 spiro atoms. The van der Waals surface area contributed by atoms with E-state index in [-0.39, 0.29) is 17.1 Å². The number of aryl methyl sites for hydroxylation is 1. The lowest BCUT2D eigenvalue weighted by molar-refractivity contribution is 0.0911. The van der Waals surface area contributed by atoms with Gasteiger partial charge in [-0.15, -0.1) is 0 Å². The SMILES string of the molecule is COc1ccc(Nc2ccc(Cl)c(C)c2)nc1C(=O)NC(C)(C)C. The summed E-state index contributed by atoms with van der Waals surface area (Å²) in [5.74, 6) is 0.696. The Morgan fingerprint density at radius 2 is 1.92 bits per heavy atom. The number of ether oxygens (including phenoxy) is 1. The average Bonchev–Trinajstić information content (AvgIpc) is 2.49. The minimum atomic E-state index is -0.361. The van der Waals surface area contributed by atoms with Gasteiger partial charge in [-0.1, -0.05) is 11.6 Å². The van der Waals surface area contributed by atoms with Crippen molar-refractivity contribution in [3.8, 4) is 5.75 Å². The van der Waals surface area contributed by atoms with Gasteiger partial charge >= 0.3 is 0 Å². The maximum atomic E-state index is 12.4. The van der Waals surface area contributed by atoms with Crippen molar-refractivity contribution in [1.29, 1.82) is 0 Å². The molecule has 0 bridgehead atoms. The van der Waals surface area contributed by atoms with E-state index in [0.29, 0.717) is 16.6 Å². The molecule has 0 saturated heterocycles. The molecule has 1 aromatic heterocycles. The molecule has 0 aliphatic carbocycles. The van der Waals surface area contributed by atoms with Crippen LogP contribution in [0, 0.1) is 6.92 Å². The second-order valence-electron chi connectivity index (χ2n) is 6.54. The van der Waals surface area contributed by atoms with Crippen LogP contribution in [-0.2, 0) is 0 Å². The monoisotopic (exact) mass is 347 g/mol. The predicted molar refractivity (Wildman–Crippen MR) is 97.5 cm³/mol. The Hall–Kier alpha value is -2.27. The second-order valence-corrected chi connectivity index (χ2v) is 6.95. The molecular formula is C18H22ClN3O2. The first kappa shape index (κ1) is 18.1. The van der Waals surface area contributed by atoms with Crippen LogP contribution in [0.2, 0.25) is 5.02 Å². The summed E-state index contributed by atoms with van der Waals surface area (Å²) in [7, 11) is 1.51. The average molecular weight is 348 g/mol. The minimum Gasteiger partial charge on any atom is -0.494 e. The van der Waals surface area contributed by atoms with Crippen molar-refractivity contribution >= 4 is 29.0 Å². The van der Waals surface area contributed by atoms with Gasteiger partial charge in [0.25, 0.3) is 5.91 Å². The second kappa shape index (κ2) is 7.09. The molecule has 0 aliphatic heterocycles. The largest absolute Gasteiger partial charge is 0.494 e. The van der Waals surface area contributed by atoms with Crippen molar-refractivity contribution in [3.05, 3.63) is 46.6 Å². The van der Waals surface area contributed by atoms with Crippen LogP contribution < -0.4 is 15.4 Å². The zero-order valence-corrected chi connectivity index (χ0v) is 15.3. The number of hydrogen-bond donors (Lipinski definition) is 2. The Bertz CT molecular complexity index is 754. The Kier molecular flexibility index (Phi) is 5.34. The maximum absolute atomic E-state index is 12.4. The number of pyridine rings is 1. The lowest BCUT2D eigenvalue weighted by Gasteiger charge is -2.21. The summed E-state index contributed by atoms with van der Waals surface area (Å²) in [6.07, 6.45) is 0. The van der Waals surface area contributed by atoms with Crippen LogP contribution >= 0.6 is 11.6 Å². The number of carbonyl (C=O) groups is 1.